The van der Waals surface area contributed by atoms with Gasteiger partial charge in [-0.1, -0.05) is 37.6 Å². The zero-order chi connectivity index (χ0) is 27.6. The van der Waals surface area contributed by atoms with Crippen molar-refractivity contribution >= 4 is 21.8 Å². The summed E-state index contributed by atoms with van der Waals surface area (Å²) >= 11 is 0. The van der Waals surface area contributed by atoms with Gasteiger partial charge < -0.3 is 14.8 Å². The minimum absolute atomic E-state index is 0.0291. The predicted octanol–water partition coefficient (Wildman–Crippen LogP) is 5.82. The Hall–Kier alpha value is -3.95. The second kappa shape index (κ2) is 10.7. The van der Waals surface area contributed by atoms with Crippen molar-refractivity contribution in [2.24, 2.45) is 0 Å². The van der Waals surface area contributed by atoms with Crippen LogP contribution in [0.25, 0.3) is 11.3 Å². The number of ether oxygens (including phenoxy) is 2. The average molecular weight is 546 g/mol. The van der Waals surface area contributed by atoms with E-state index in [1.165, 1.54) is 17.7 Å². The monoisotopic (exact) mass is 545 g/mol. The van der Waals surface area contributed by atoms with Crippen molar-refractivity contribution in [1.82, 2.24) is 9.97 Å². The molecule has 9 heteroatoms. The van der Waals surface area contributed by atoms with Crippen LogP contribution in [0, 0.1) is 6.92 Å². The van der Waals surface area contributed by atoms with Crippen molar-refractivity contribution in [3.05, 3.63) is 89.6 Å². The minimum atomic E-state index is -3.82. The Labute approximate surface area is 229 Å². The maximum absolute atomic E-state index is 12.3. The lowest BCUT2D eigenvalue weighted by molar-refractivity contribution is 0.221. The zero-order valence-corrected chi connectivity index (χ0v) is 23.2. The number of benzene rings is 3. The number of anilines is 2. The topological polar surface area (TPSA) is 99.6 Å². The van der Waals surface area contributed by atoms with Crippen LogP contribution in [-0.2, 0) is 26.1 Å². The van der Waals surface area contributed by atoms with Crippen LogP contribution >= 0.6 is 0 Å². The Balaban J connectivity index is 1.21. The summed E-state index contributed by atoms with van der Waals surface area (Å²) < 4.78 is 40.8. The van der Waals surface area contributed by atoms with Gasteiger partial charge in [-0.15, -0.1) is 0 Å². The van der Waals surface area contributed by atoms with Crippen molar-refractivity contribution in [3.8, 4) is 22.8 Å². The van der Waals surface area contributed by atoms with Gasteiger partial charge >= 0.3 is 0 Å². The SMILES string of the molecule is COc1ccc2c(c1)-c1nc(Nc3ccc(OCCOS(=O)(=O)c4ccc(C)cc4)cc3)ncc1CC2(C)C. The van der Waals surface area contributed by atoms with E-state index in [0.29, 0.717) is 11.7 Å². The molecule has 0 amide bonds. The number of hydrogen-bond donors (Lipinski definition) is 1. The van der Waals surface area contributed by atoms with Gasteiger partial charge in [0, 0.05) is 17.4 Å². The van der Waals surface area contributed by atoms with Crippen molar-refractivity contribution < 1.29 is 22.1 Å². The first kappa shape index (κ1) is 26.6. The number of methoxy groups -OCH3 is 1. The summed E-state index contributed by atoms with van der Waals surface area (Å²) in [5.74, 6) is 1.87. The highest BCUT2D eigenvalue weighted by Gasteiger charge is 2.32. The van der Waals surface area contributed by atoms with Gasteiger partial charge in [0.1, 0.15) is 24.7 Å². The summed E-state index contributed by atoms with van der Waals surface area (Å²) in [5, 5.41) is 3.26. The fourth-order valence-corrected chi connectivity index (χ4v) is 5.57. The largest absolute Gasteiger partial charge is 0.497 e. The predicted molar refractivity (Wildman–Crippen MR) is 150 cm³/mol. The number of fused-ring (bicyclic) bond motifs is 3. The molecule has 1 aromatic heterocycles. The van der Waals surface area contributed by atoms with E-state index in [1.54, 1.807) is 31.4 Å². The van der Waals surface area contributed by atoms with E-state index >= 15 is 0 Å². The van der Waals surface area contributed by atoms with Crippen LogP contribution in [0.3, 0.4) is 0 Å². The third-order valence-electron chi connectivity index (χ3n) is 6.72. The fraction of sp³-hybridized carbons (Fsp3) is 0.267. The van der Waals surface area contributed by atoms with Crippen LogP contribution in [0.5, 0.6) is 11.5 Å². The highest BCUT2D eigenvalue weighted by Crippen LogP contribution is 2.43. The Morgan fingerprint density at radius 2 is 1.67 bits per heavy atom. The van der Waals surface area contributed by atoms with Gasteiger partial charge in [-0.25, -0.2) is 9.97 Å². The van der Waals surface area contributed by atoms with E-state index in [1.807, 2.05) is 37.4 Å². The van der Waals surface area contributed by atoms with Crippen LogP contribution in [0.1, 0.15) is 30.5 Å². The number of aryl methyl sites for hydroxylation is 1. The molecule has 1 heterocycles. The first-order valence-electron chi connectivity index (χ1n) is 12.7. The Kier molecular flexibility index (Phi) is 7.29. The van der Waals surface area contributed by atoms with Crippen molar-refractivity contribution in [1.29, 1.82) is 0 Å². The molecular weight excluding hydrogens is 514 g/mol. The highest BCUT2D eigenvalue weighted by atomic mass is 32.2. The van der Waals surface area contributed by atoms with Crippen molar-refractivity contribution in [3.63, 3.8) is 0 Å². The Morgan fingerprint density at radius 1 is 0.949 bits per heavy atom. The van der Waals surface area contributed by atoms with Crippen LogP contribution in [-0.4, -0.2) is 38.7 Å². The smallest absolute Gasteiger partial charge is 0.297 e. The molecule has 0 fully saturated rings. The summed E-state index contributed by atoms with van der Waals surface area (Å²) in [6.45, 7) is 6.34. The second-order valence-electron chi connectivity index (χ2n) is 10.1. The average Bonchev–Trinajstić information content (AvgIpc) is 2.92. The molecular formula is C30H31N3O5S. The molecule has 0 unspecified atom stereocenters. The number of aromatic nitrogens is 2. The molecule has 0 spiro atoms. The second-order valence-corrected chi connectivity index (χ2v) is 11.7. The molecule has 0 bridgehead atoms. The summed E-state index contributed by atoms with van der Waals surface area (Å²) in [7, 11) is -2.16. The van der Waals surface area contributed by atoms with Crippen molar-refractivity contribution in [2.45, 2.75) is 37.5 Å². The van der Waals surface area contributed by atoms with E-state index in [4.69, 9.17) is 18.6 Å². The van der Waals surface area contributed by atoms with Gasteiger partial charge in [0.15, 0.2) is 0 Å². The van der Waals surface area contributed by atoms with Gasteiger partial charge in [-0.2, -0.15) is 8.42 Å². The molecule has 1 aliphatic rings. The Bertz CT molecular complexity index is 1580. The molecule has 39 heavy (non-hydrogen) atoms. The van der Waals surface area contributed by atoms with E-state index in [9.17, 15) is 8.42 Å². The molecule has 0 atom stereocenters. The molecule has 0 radical (unpaired) electrons. The number of hydrogen-bond acceptors (Lipinski definition) is 8. The summed E-state index contributed by atoms with van der Waals surface area (Å²) in [5.41, 5.74) is 6.03. The Morgan fingerprint density at radius 3 is 2.38 bits per heavy atom. The maximum atomic E-state index is 12.3. The lowest BCUT2D eigenvalue weighted by atomic mass is 9.72. The van der Waals surface area contributed by atoms with Gasteiger partial charge in [0.25, 0.3) is 10.1 Å². The molecule has 1 aliphatic carbocycles. The highest BCUT2D eigenvalue weighted by molar-refractivity contribution is 7.86. The third kappa shape index (κ3) is 5.89. The van der Waals surface area contributed by atoms with Crippen LogP contribution in [0.15, 0.2) is 77.8 Å². The van der Waals surface area contributed by atoms with E-state index in [2.05, 4.69) is 30.2 Å². The molecule has 5 rings (SSSR count). The molecule has 4 aromatic rings. The van der Waals surface area contributed by atoms with Gasteiger partial charge in [0.2, 0.25) is 5.95 Å². The maximum Gasteiger partial charge on any atom is 0.297 e. The van der Waals surface area contributed by atoms with Crippen LogP contribution in [0.2, 0.25) is 0 Å². The number of nitrogens with one attached hydrogen (secondary N) is 1. The third-order valence-corrected chi connectivity index (χ3v) is 8.05. The van der Waals surface area contributed by atoms with Gasteiger partial charge in [-0.05, 0) is 78.4 Å². The first-order chi connectivity index (χ1) is 18.6. The van der Waals surface area contributed by atoms with Crippen LogP contribution < -0.4 is 14.8 Å². The molecule has 1 N–H and O–H groups in total. The van der Waals surface area contributed by atoms with Crippen LogP contribution in [0.4, 0.5) is 11.6 Å². The molecule has 0 saturated carbocycles. The zero-order valence-electron chi connectivity index (χ0n) is 22.4. The quantitative estimate of drug-likeness (QED) is 0.207. The van der Waals surface area contributed by atoms with E-state index in [0.717, 1.165) is 40.2 Å². The normalized spacial score (nSPS) is 13.7. The van der Waals surface area contributed by atoms with Crippen molar-refractivity contribution in [2.75, 3.05) is 25.6 Å². The van der Waals surface area contributed by atoms with E-state index in [-0.39, 0.29) is 23.5 Å². The summed E-state index contributed by atoms with van der Waals surface area (Å²) in [6.07, 6.45) is 2.74. The number of nitrogens with zero attached hydrogens (tertiary/aromatic N) is 2. The van der Waals surface area contributed by atoms with E-state index < -0.39 is 10.1 Å². The standard InChI is InChI=1S/C30H31N3O5S/c1-20-5-12-25(13-6-20)39(34,35)38-16-15-37-23-9-7-22(8-10-23)32-29-31-19-21-18-30(2,3)27-14-11-24(36-4)17-26(27)28(21)33-29/h5-14,17,19H,15-16,18H2,1-4H3,(H,31,32,33). The number of rotatable bonds is 9. The lowest BCUT2D eigenvalue weighted by Crippen LogP contribution is -2.26. The lowest BCUT2D eigenvalue weighted by Gasteiger charge is -2.33. The van der Waals surface area contributed by atoms with Gasteiger partial charge in [0.05, 0.1) is 17.7 Å². The minimum Gasteiger partial charge on any atom is -0.497 e. The molecule has 8 nitrogen and oxygen atoms in total. The molecule has 0 saturated heterocycles. The molecule has 3 aromatic carbocycles. The fourth-order valence-electron chi connectivity index (χ4n) is 4.68. The van der Waals surface area contributed by atoms with Gasteiger partial charge in [-0.3, -0.25) is 4.18 Å². The summed E-state index contributed by atoms with van der Waals surface area (Å²) in [6, 6.07) is 19.9. The molecule has 0 aliphatic heterocycles. The first-order valence-corrected chi connectivity index (χ1v) is 14.1. The summed E-state index contributed by atoms with van der Waals surface area (Å²) in [4.78, 5) is 9.51. The molecule has 202 valence electrons.